The normalized spacial score (nSPS) is 23.8. The molecule has 0 bridgehead atoms. The number of hydrogen-bond donors (Lipinski definition) is 1. The molecule has 1 saturated carbocycles. The lowest BCUT2D eigenvalue weighted by molar-refractivity contribution is -0.132. The van der Waals surface area contributed by atoms with E-state index in [9.17, 15) is 4.79 Å². The van der Waals surface area contributed by atoms with Crippen molar-refractivity contribution in [3.63, 3.8) is 0 Å². The first kappa shape index (κ1) is 16.9. The second-order valence-corrected chi connectivity index (χ2v) is 7.19. The maximum atomic E-state index is 12.6. The van der Waals surface area contributed by atoms with Crippen LogP contribution in [0.15, 0.2) is 24.3 Å². The van der Waals surface area contributed by atoms with E-state index in [0.29, 0.717) is 12.5 Å². The monoisotopic (exact) mass is 303 g/mol. The predicted octanol–water partition coefficient (Wildman–Crippen LogP) is 3.82. The van der Waals surface area contributed by atoms with E-state index in [4.69, 9.17) is 4.74 Å². The Balaban J connectivity index is 1.92. The van der Waals surface area contributed by atoms with Gasteiger partial charge in [-0.1, -0.05) is 45.4 Å². The summed E-state index contributed by atoms with van der Waals surface area (Å²) in [6, 6.07) is 7.99. The Morgan fingerprint density at radius 3 is 2.77 bits per heavy atom. The van der Waals surface area contributed by atoms with Crippen LogP contribution in [0.2, 0.25) is 0 Å². The Morgan fingerprint density at radius 2 is 2.09 bits per heavy atom. The maximum absolute atomic E-state index is 12.6. The van der Waals surface area contributed by atoms with Crippen molar-refractivity contribution >= 4 is 5.91 Å². The van der Waals surface area contributed by atoms with Gasteiger partial charge in [0, 0.05) is 12.5 Å². The molecule has 1 aromatic rings. The van der Waals surface area contributed by atoms with Crippen molar-refractivity contribution in [2.45, 2.75) is 46.5 Å². The molecule has 0 heterocycles. The van der Waals surface area contributed by atoms with Crippen molar-refractivity contribution in [1.29, 1.82) is 0 Å². The van der Waals surface area contributed by atoms with Gasteiger partial charge in [-0.15, -0.1) is 0 Å². The van der Waals surface area contributed by atoms with E-state index in [2.05, 4.69) is 32.2 Å². The van der Waals surface area contributed by atoms with Crippen LogP contribution in [0.1, 0.15) is 45.6 Å². The Morgan fingerprint density at radius 1 is 1.36 bits per heavy atom. The van der Waals surface area contributed by atoms with Crippen LogP contribution in [0, 0.1) is 17.3 Å². The van der Waals surface area contributed by atoms with Crippen LogP contribution in [0.25, 0.3) is 0 Å². The van der Waals surface area contributed by atoms with Crippen LogP contribution < -0.4 is 10.1 Å². The number of amides is 1. The molecule has 2 rings (SSSR count). The average Bonchev–Trinajstić information content (AvgIpc) is 2.46. The van der Waals surface area contributed by atoms with Crippen LogP contribution in [-0.2, 0) is 11.2 Å². The summed E-state index contributed by atoms with van der Waals surface area (Å²) >= 11 is 0. The summed E-state index contributed by atoms with van der Waals surface area (Å²) in [5.41, 5.74) is 1.24. The van der Waals surface area contributed by atoms with Crippen molar-refractivity contribution in [3.05, 3.63) is 29.8 Å². The van der Waals surface area contributed by atoms with Gasteiger partial charge in [0.2, 0.25) is 5.91 Å². The third-order valence-electron chi connectivity index (χ3n) is 5.06. The predicted molar refractivity (Wildman–Crippen MR) is 90.0 cm³/mol. The number of carbonyl (C=O) groups is 1. The van der Waals surface area contributed by atoms with E-state index in [-0.39, 0.29) is 17.2 Å². The minimum absolute atomic E-state index is 0.103. The van der Waals surface area contributed by atoms with Crippen molar-refractivity contribution in [1.82, 2.24) is 5.32 Å². The molecule has 0 spiro atoms. The highest BCUT2D eigenvalue weighted by molar-refractivity contribution is 5.79. The van der Waals surface area contributed by atoms with Gasteiger partial charge in [0.1, 0.15) is 5.75 Å². The maximum Gasteiger partial charge on any atom is 0.223 e. The van der Waals surface area contributed by atoms with Gasteiger partial charge in [-0.05, 0) is 42.2 Å². The van der Waals surface area contributed by atoms with Crippen LogP contribution in [-0.4, -0.2) is 19.6 Å². The number of para-hydroxylation sites is 1. The first-order chi connectivity index (χ1) is 10.5. The molecule has 1 aliphatic rings. The summed E-state index contributed by atoms with van der Waals surface area (Å²) in [6.07, 6.45) is 4.34. The highest BCUT2D eigenvalue weighted by Gasteiger charge is 2.41. The molecule has 1 fully saturated rings. The topological polar surface area (TPSA) is 38.3 Å². The molecule has 0 saturated heterocycles. The van der Waals surface area contributed by atoms with Crippen molar-refractivity contribution in [3.8, 4) is 5.75 Å². The first-order valence-corrected chi connectivity index (χ1v) is 8.35. The van der Waals surface area contributed by atoms with Gasteiger partial charge in [-0.2, -0.15) is 0 Å². The SMILES string of the molecule is COc1ccccc1CCNC(=O)[C@@H]1[C@@H](C)CCCC1(C)C. The van der Waals surface area contributed by atoms with Gasteiger partial charge in [0.15, 0.2) is 0 Å². The van der Waals surface area contributed by atoms with E-state index >= 15 is 0 Å². The van der Waals surface area contributed by atoms with E-state index in [0.717, 1.165) is 30.6 Å². The Kier molecular flexibility index (Phi) is 5.49. The third-order valence-corrected chi connectivity index (χ3v) is 5.06. The highest BCUT2D eigenvalue weighted by atomic mass is 16.5. The lowest BCUT2D eigenvalue weighted by Crippen LogP contribution is -2.45. The molecule has 22 heavy (non-hydrogen) atoms. The fourth-order valence-corrected chi connectivity index (χ4v) is 3.93. The molecule has 2 atom stereocenters. The summed E-state index contributed by atoms with van der Waals surface area (Å²) in [7, 11) is 1.68. The number of hydrogen-bond acceptors (Lipinski definition) is 2. The van der Waals surface area contributed by atoms with Gasteiger partial charge in [-0.25, -0.2) is 0 Å². The first-order valence-electron chi connectivity index (χ1n) is 8.35. The number of carbonyl (C=O) groups excluding carboxylic acids is 1. The lowest BCUT2D eigenvalue weighted by atomic mass is 9.64. The van der Waals surface area contributed by atoms with Gasteiger partial charge in [0.25, 0.3) is 0 Å². The van der Waals surface area contributed by atoms with Gasteiger partial charge < -0.3 is 10.1 Å². The summed E-state index contributed by atoms with van der Waals surface area (Å²) in [6.45, 7) is 7.34. The van der Waals surface area contributed by atoms with Gasteiger partial charge >= 0.3 is 0 Å². The molecule has 0 aromatic heterocycles. The number of rotatable bonds is 5. The zero-order chi connectivity index (χ0) is 16.2. The standard InChI is InChI=1S/C19H29NO2/c1-14-8-7-12-19(2,3)17(14)18(21)20-13-11-15-9-5-6-10-16(15)22-4/h5-6,9-10,14,17H,7-8,11-13H2,1-4H3,(H,20,21)/t14-,17-/m0/s1. The third kappa shape index (κ3) is 3.82. The van der Waals surface area contributed by atoms with Crippen LogP contribution in [0.3, 0.4) is 0 Å². The molecule has 1 N–H and O–H groups in total. The van der Waals surface area contributed by atoms with E-state index in [1.807, 2.05) is 18.2 Å². The molecule has 122 valence electrons. The zero-order valence-electron chi connectivity index (χ0n) is 14.3. The zero-order valence-corrected chi connectivity index (χ0v) is 14.3. The van der Waals surface area contributed by atoms with Gasteiger partial charge in [-0.3, -0.25) is 4.79 Å². The molecule has 0 aliphatic heterocycles. The van der Waals surface area contributed by atoms with E-state index in [1.165, 1.54) is 6.42 Å². The molecule has 0 radical (unpaired) electrons. The van der Waals surface area contributed by atoms with E-state index < -0.39 is 0 Å². The largest absolute Gasteiger partial charge is 0.496 e. The van der Waals surface area contributed by atoms with Crippen LogP contribution in [0.4, 0.5) is 0 Å². The minimum atomic E-state index is 0.103. The molecule has 1 amide bonds. The Bertz CT molecular complexity index is 510. The molecular weight excluding hydrogens is 274 g/mol. The Labute approximate surface area is 134 Å². The molecule has 1 aliphatic carbocycles. The van der Waals surface area contributed by atoms with Crippen molar-refractivity contribution < 1.29 is 9.53 Å². The summed E-state index contributed by atoms with van der Waals surface area (Å²) < 4.78 is 5.36. The molecule has 1 aromatic carbocycles. The fraction of sp³-hybridized carbons (Fsp3) is 0.632. The van der Waals surface area contributed by atoms with E-state index in [1.54, 1.807) is 7.11 Å². The fourth-order valence-electron chi connectivity index (χ4n) is 3.93. The number of nitrogens with one attached hydrogen (secondary N) is 1. The second kappa shape index (κ2) is 7.17. The number of benzene rings is 1. The highest BCUT2D eigenvalue weighted by Crippen LogP contribution is 2.43. The smallest absolute Gasteiger partial charge is 0.223 e. The molecule has 3 heteroatoms. The summed E-state index contributed by atoms with van der Waals surface area (Å²) in [5.74, 6) is 1.70. The van der Waals surface area contributed by atoms with Gasteiger partial charge in [0.05, 0.1) is 7.11 Å². The van der Waals surface area contributed by atoms with Crippen molar-refractivity contribution in [2.75, 3.05) is 13.7 Å². The lowest BCUT2D eigenvalue weighted by Gasteiger charge is -2.41. The molecule has 0 unspecified atom stereocenters. The molecular formula is C19H29NO2. The minimum Gasteiger partial charge on any atom is -0.496 e. The van der Waals surface area contributed by atoms with Crippen LogP contribution >= 0.6 is 0 Å². The average molecular weight is 303 g/mol. The van der Waals surface area contributed by atoms with Crippen molar-refractivity contribution in [2.24, 2.45) is 17.3 Å². The van der Waals surface area contributed by atoms with Crippen LogP contribution in [0.5, 0.6) is 5.75 Å². The number of methoxy groups -OCH3 is 1. The Hall–Kier alpha value is -1.51. The summed E-state index contributed by atoms with van der Waals surface area (Å²) in [4.78, 5) is 12.6. The summed E-state index contributed by atoms with van der Waals surface area (Å²) in [5, 5.41) is 3.14. The second-order valence-electron chi connectivity index (χ2n) is 7.19. The number of ether oxygens (including phenoxy) is 1. The molecule has 3 nitrogen and oxygen atoms in total. The quantitative estimate of drug-likeness (QED) is 0.898.